The van der Waals surface area contributed by atoms with Crippen LogP contribution in [-0.4, -0.2) is 30.3 Å². The number of ether oxygens (including phenoxy) is 1. The Balaban J connectivity index is 2.72. The van der Waals surface area contributed by atoms with Crippen LogP contribution in [0.1, 0.15) is 13.3 Å². The molecule has 2 atom stereocenters. The summed E-state index contributed by atoms with van der Waals surface area (Å²) in [6.45, 7) is 2.42. The first-order chi connectivity index (χ1) is 5.07. The average Bonchev–Trinajstić information content (AvgIpc) is 1.95. The van der Waals surface area contributed by atoms with Crippen LogP contribution in [0.25, 0.3) is 0 Å². The molecule has 1 rings (SSSR count). The van der Waals surface area contributed by atoms with Gasteiger partial charge in [0.1, 0.15) is 5.41 Å². The summed E-state index contributed by atoms with van der Waals surface area (Å²) in [6, 6.07) is -0.284. The van der Waals surface area contributed by atoms with Crippen molar-refractivity contribution in [2.24, 2.45) is 11.1 Å². The van der Waals surface area contributed by atoms with E-state index in [2.05, 4.69) is 0 Å². The molecule has 2 unspecified atom stereocenters. The number of carboxylic acids is 1. The van der Waals surface area contributed by atoms with Crippen LogP contribution in [0.2, 0.25) is 0 Å². The number of hydrogen-bond acceptors (Lipinski definition) is 3. The summed E-state index contributed by atoms with van der Waals surface area (Å²) in [5.74, 6) is -0.871. The van der Waals surface area contributed by atoms with Gasteiger partial charge in [-0.3, -0.25) is 4.79 Å². The molecule has 0 spiro atoms. The van der Waals surface area contributed by atoms with Crippen LogP contribution in [0.15, 0.2) is 0 Å². The first kappa shape index (κ1) is 8.49. The van der Waals surface area contributed by atoms with Crippen molar-refractivity contribution >= 4 is 5.97 Å². The Kier molecular flexibility index (Phi) is 2.15. The van der Waals surface area contributed by atoms with Crippen LogP contribution >= 0.6 is 0 Å². The van der Waals surface area contributed by atoms with Crippen molar-refractivity contribution in [3.63, 3.8) is 0 Å². The van der Waals surface area contributed by atoms with Gasteiger partial charge in [-0.15, -0.1) is 0 Å². The van der Waals surface area contributed by atoms with E-state index in [1.165, 1.54) is 0 Å². The molecule has 0 aliphatic carbocycles. The lowest BCUT2D eigenvalue weighted by Crippen LogP contribution is -2.52. The molecular weight excluding hydrogens is 146 g/mol. The third kappa shape index (κ3) is 1.36. The molecule has 1 aliphatic rings. The smallest absolute Gasteiger partial charge is 0.313 e. The fourth-order valence-corrected chi connectivity index (χ4v) is 1.14. The normalized spacial score (nSPS) is 38.5. The Labute approximate surface area is 65.3 Å². The van der Waals surface area contributed by atoms with Gasteiger partial charge in [0, 0.05) is 12.6 Å². The minimum Gasteiger partial charge on any atom is -0.481 e. The predicted octanol–water partition coefficient (Wildman–Crippen LogP) is -0.175. The van der Waals surface area contributed by atoms with Crippen molar-refractivity contribution in [3.8, 4) is 0 Å². The van der Waals surface area contributed by atoms with Crippen LogP contribution in [-0.2, 0) is 9.53 Å². The maximum Gasteiger partial charge on any atom is 0.313 e. The molecule has 0 saturated carbocycles. The van der Waals surface area contributed by atoms with Crippen LogP contribution in [0.5, 0.6) is 0 Å². The molecule has 1 heterocycles. The van der Waals surface area contributed by atoms with Crippen LogP contribution < -0.4 is 5.73 Å². The highest BCUT2D eigenvalue weighted by atomic mass is 16.5. The second-order valence-electron chi connectivity index (χ2n) is 3.17. The number of nitrogens with two attached hydrogens (primary N) is 1. The number of hydrogen-bond donors (Lipinski definition) is 2. The standard InChI is InChI=1S/C7H13NO3/c1-7(6(9)10)4-11-3-2-5(7)8/h5H,2-4,8H2,1H3,(H,9,10). The number of carbonyl (C=O) groups is 1. The fourth-order valence-electron chi connectivity index (χ4n) is 1.14. The minimum atomic E-state index is -0.891. The van der Waals surface area contributed by atoms with E-state index < -0.39 is 11.4 Å². The molecule has 0 bridgehead atoms. The molecule has 11 heavy (non-hydrogen) atoms. The number of rotatable bonds is 1. The summed E-state index contributed by atoms with van der Waals surface area (Å²) < 4.78 is 5.06. The highest BCUT2D eigenvalue weighted by Crippen LogP contribution is 2.26. The van der Waals surface area contributed by atoms with Gasteiger partial charge in [0.25, 0.3) is 0 Å². The molecule has 0 aromatic carbocycles. The van der Waals surface area contributed by atoms with E-state index in [4.69, 9.17) is 15.6 Å². The van der Waals surface area contributed by atoms with Gasteiger partial charge in [0.15, 0.2) is 0 Å². The highest BCUT2D eigenvalue weighted by molar-refractivity contribution is 5.75. The largest absolute Gasteiger partial charge is 0.481 e. The molecule has 0 amide bonds. The van der Waals surface area contributed by atoms with Crippen molar-refractivity contribution in [1.29, 1.82) is 0 Å². The Hall–Kier alpha value is -0.610. The zero-order valence-electron chi connectivity index (χ0n) is 6.54. The van der Waals surface area contributed by atoms with Crippen molar-refractivity contribution in [3.05, 3.63) is 0 Å². The molecule has 3 N–H and O–H groups in total. The van der Waals surface area contributed by atoms with E-state index in [1.807, 2.05) is 0 Å². The lowest BCUT2D eigenvalue weighted by molar-refractivity contribution is -0.157. The van der Waals surface area contributed by atoms with E-state index in [0.717, 1.165) is 0 Å². The third-order valence-corrected chi connectivity index (χ3v) is 2.28. The Bertz CT molecular complexity index is 171. The molecule has 1 fully saturated rings. The van der Waals surface area contributed by atoms with E-state index in [0.29, 0.717) is 13.0 Å². The lowest BCUT2D eigenvalue weighted by Gasteiger charge is -2.34. The summed E-state index contributed by atoms with van der Waals surface area (Å²) >= 11 is 0. The monoisotopic (exact) mass is 159 g/mol. The van der Waals surface area contributed by atoms with Crippen molar-refractivity contribution < 1.29 is 14.6 Å². The van der Waals surface area contributed by atoms with Gasteiger partial charge in [0.2, 0.25) is 0 Å². The molecule has 4 nitrogen and oxygen atoms in total. The molecule has 0 radical (unpaired) electrons. The minimum absolute atomic E-state index is 0.226. The maximum absolute atomic E-state index is 10.7. The van der Waals surface area contributed by atoms with Gasteiger partial charge in [-0.25, -0.2) is 0 Å². The predicted molar refractivity (Wildman–Crippen MR) is 39.2 cm³/mol. The summed E-state index contributed by atoms with van der Waals surface area (Å²) in [7, 11) is 0. The molecule has 1 saturated heterocycles. The SMILES string of the molecule is CC1(C(=O)O)COCCC1N. The number of aliphatic carboxylic acids is 1. The highest BCUT2D eigenvalue weighted by Gasteiger charge is 2.42. The van der Waals surface area contributed by atoms with Crippen LogP contribution in [0.4, 0.5) is 0 Å². The molecular formula is C7H13NO3. The molecule has 64 valence electrons. The van der Waals surface area contributed by atoms with Crippen LogP contribution in [0, 0.1) is 5.41 Å². The average molecular weight is 159 g/mol. The first-order valence-electron chi connectivity index (χ1n) is 3.64. The second-order valence-corrected chi connectivity index (χ2v) is 3.17. The summed E-state index contributed by atoms with van der Waals surface area (Å²) in [5, 5.41) is 8.81. The Morgan fingerprint density at radius 1 is 1.82 bits per heavy atom. The van der Waals surface area contributed by atoms with E-state index >= 15 is 0 Å². The fraction of sp³-hybridized carbons (Fsp3) is 0.857. The third-order valence-electron chi connectivity index (χ3n) is 2.28. The van der Waals surface area contributed by atoms with Gasteiger partial charge >= 0.3 is 5.97 Å². The lowest BCUT2D eigenvalue weighted by atomic mass is 9.80. The van der Waals surface area contributed by atoms with Crippen molar-refractivity contribution in [1.82, 2.24) is 0 Å². The first-order valence-corrected chi connectivity index (χ1v) is 3.64. The zero-order chi connectivity index (χ0) is 8.48. The molecule has 1 aliphatic heterocycles. The summed E-state index contributed by atoms with van der Waals surface area (Å²) in [5.41, 5.74) is 4.76. The second kappa shape index (κ2) is 2.79. The zero-order valence-corrected chi connectivity index (χ0v) is 6.54. The molecule has 0 aromatic rings. The van der Waals surface area contributed by atoms with Gasteiger partial charge < -0.3 is 15.6 Å². The Morgan fingerprint density at radius 2 is 2.45 bits per heavy atom. The van der Waals surface area contributed by atoms with Gasteiger partial charge in [-0.2, -0.15) is 0 Å². The number of carboxylic acid groups (broad SMARTS) is 1. The summed E-state index contributed by atoms with van der Waals surface area (Å²) in [6.07, 6.45) is 0.628. The maximum atomic E-state index is 10.7. The van der Waals surface area contributed by atoms with E-state index in [9.17, 15) is 4.79 Å². The van der Waals surface area contributed by atoms with Gasteiger partial charge in [0.05, 0.1) is 6.61 Å². The topological polar surface area (TPSA) is 72.5 Å². The summed E-state index contributed by atoms with van der Waals surface area (Å²) in [4.78, 5) is 10.7. The molecule has 4 heteroatoms. The van der Waals surface area contributed by atoms with Crippen molar-refractivity contribution in [2.75, 3.05) is 13.2 Å². The van der Waals surface area contributed by atoms with Gasteiger partial charge in [-0.05, 0) is 13.3 Å². The Morgan fingerprint density at radius 3 is 2.82 bits per heavy atom. The molecule has 0 aromatic heterocycles. The van der Waals surface area contributed by atoms with Crippen LogP contribution in [0.3, 0.4) is 0 Å². The van der Waals surface area contributed by atoms with Gasteiger partial charge in [-0.1, -0.05) is 0 Å². The quantitative estimate of drug-likeness (QED) is 0.557. The van der Waals surface area contributed by atoms with E-state index in [1.54, 1.807) is 6.92 Å². The van der Waals surface area contributed by atoms with Crippen molar-refractivity contribution in [2.45, 2.75) is 19.4 Å². The van der Waals surface area contributed by atoms with E-state index in [-0.39, 0.29) is 12.6 Å².